The molecule has 20 heavy (non-hydrogen) atoms. The van der Waals surface area contributed by atoms with Gasteiger partial charge >= 0.3 is 0 Å². The van der Waals surface area contributed by atoms with E-state index in [-0.39, 0.29) is 11.4 Å². The molecule has 0 amide bonds. The zero-order valence-electron chi connectivity index (χ0n) is 10.4. The summed E-state index contributed by atoms with van der Waals surface area (Å²) in [5, 5.41) is 0. The standard InChI is InChI=1S/C15H10FN3O/c16-14-4-2-1-3-13(14)11-5-6-15(20)19(9-11)12-7-17-10-18-8-12/h1-10H. The molecule has 1 aromatic carbocycles. The molecule has 0 saturated heterocycles. The summed E-state index contributed by atoms with van der Waals surface area (Å²) in [5.41, 5.74) is 1.38. The van der Waals surface area contributed by atoms with Crippen LogP contribution in [-0.4, -0.2) is 14.5 Å². The summed E-state index contributed by atoms with van der Waals surface area (Å²) in [6, 6.07) is 9.42. The average molecular weight is 267 g/mol. The lowest BCUT2D eigenvalue weighted by Gasteiger charge is -2.08. The fraction of sp³-hybridized carbons (Fsp3) is 0. The second-order valence-electron chi connectivity index (χ2n) is 4.20. The zero-order chi connectivity index (χ0) is 13.9. The Morgan fingerprint density at radius 1 is 1.00 bits per heavy atom. The van der Waals surface area contributed by atoms with Gasteiger partial charge < -0.3 is 0 Å². The van der Waals surface area contributed by atoms with Crippen molar-refractivity contribution >= 4 is 0 Å². The van der Waals surface area contributed by atoms with E-state index in [9.17, 15) is 9.18 Å². The smallest absolute Gasteiger partial charge is 0.255 e. The molecule has 2 aromatic heterocycles. The fourth-order valence-corrected chi connectivity index (χ4v) is 1.96. The van der Waals surface area contributed by atoms with Crippen LogP contribution in [0.15, 0.2) is 66.1 Å². The van der Waals surface area contributed by atoms with Gasteiger partial charge in [-0.3, -0.25) is 9.36 Å². The third-order valence-electron chi connectivity index (χ3n) is 2.92. The summed E-state index contributed by atoms with van der Waals surface area (Å²) in [6.45, 7) is 0. The summed E-state index contributed by atoms with van der Waals surface area (Å²) in [7, 11) is 0. The van der Waals surface area contributed by atoms with Crippen LogP contribution in [0.1, 0.15) is 0 Å². The molecule has 0 aliphatic rings. The van der Waals surface area contributed by atoms with E-state index in [0.717, 1.165) is 0 Å². The summed E-state index contributed by atoms with van der Waals surface area (Å²) < 4.78 is 15.2. The van der Waals surface area contributed by atoms with Crippen molar-refractivity contribution in [1.82, 2.24) is 14.5 Å². The maximum Gasteiger partial charge on any atom is 0.255 e. The fourth-order valence-electron chi connectivity index (χ4n) is 1.96. The molecule has 0 fully saturated rings. The highest BCUT2D eigenvalue weighted by molar-refractivity contribution is 5.63. The van der Waals surface area contributed by atoms with Gasteiger partial charge in [0.1, 0.15) is 12.1 Å². The Labute approximate surface area is 114 Å². The van der Waals surface area contributed by atoms with Crippen LogP contribution >= 0.6 is 0 Å². The minimum Gasteiger partial charge on any atom is -0.281 e. The van der Waals surface area contributed by atoms with Crippen LogP contribution in [0.3, 0.4) is 0 Å². The number of pyridine rings is 1. The average Bonchev–Trinajstić information content (AvgIpc) is 2.49. The van der Waals surface area contributed by atoms with Crippen LogP contribution < -0.4 is 5.56 Å². The van der Waals surface area contributed by atoms with E-state index in [2.05, 4.69) is 9.97 Å². The normalized spacial score (nSPS) is 10.4. The quantitative estimate of drug-likeness (QED) is 0.716. The molecule has 4 nitrogen and oxygen atoms in total. The SMILES string of the molecule is O=c1ccc(-c2ccccc2F)cn1-c1cncnc1. The number of benzene rings is 1. The van der Waals surface area contributed by atoms with Crippen LogP contribution in [0, 0.1) is 5.82 Å². The molecule has 0 aliphatic heterocycles. The van der Waals surface area contributed by atoms with Gasteiger partial charge in [0, 0.05) is 23.4 Å². The highest BCUT2D eigenvalue weighted by Gasteiger charge is 2.07. The number of hydrogen-bond donors (Lipinski definition) is 0. The van der Waals surface area contributed by atoms with E-state index in [1.165, 1.54) is 35.4 Å². The molecule has 3 rings (SSSR count). The first-order valence-electron chi connectivity index (χ1n) is 5.99. The molecule has 0 N–H and O–H groups in total. The van der Waals surface area contributed by atoms with Gasteiger partial charge in [-0.15, -0.1) is 0 Å². The highest BCUT2D eigenvalue weighted by atomic mass is 19.1. The Morgan fingerprint density at radius 2 is 1.75 bits per heavy atom. The monoisotopic (exact) mass is 267 g/mol. The predicted molar refractivity (Wildman–Crippen MR) is 73.0 cm³/mol. The topological polar surface area (TPSA) is 47.8 Å². The molecule has 2 heterocycles. The van der Waals surface area contributed by atoms with E-state index in [1.807, 2.05) is 0 Å². The number of halogens is 1. The number of rotatable bonds is 2. The van der Waals surface area contributed by atoms with E-state index >= 15 is 0 Å². The first-order chi connectivity index (χ1) is 9.75. The van der Waals surface area contributed by atoms with Gasteiger partial charge in [-0.05, 0) is 12.1 Å². The second kappa shape index (κ2) is 5.05. The summed E-state index contributed by atoms with van der Waals surface area (Å²) in [6.07, 6.45) is 6.02. The van der Waals surface area contributed by atoms with E-state index in [0.29, 0.717) is 16.8 Å². The van der Waals surface area contributed by atoms with Gasteiger partial charge in [0.2, 0.25) is 0 Å². The second-order valence-corrected chi connectivity index (χ2v) is 4.20. The molecule has 3 aromatic rings. The Balaban J connectivity index is 2.18. The molecule has 0 bridgehead atoms. The van der Waals surface area contributed by atoms with Gasteiger partial charge in [0.15, 0.2) is 0 Å². The summed E-state index contributed by atoms with van der Waals surface area (Å²) in [5.74, 6) is -0.331. The van der Waals surface area contributed by atoms with E-state index in [4.69, 9.17) is 0 Å². The molecule has 0 spiro atoms. The molecular weight excluding hydrogens is 257 g/mol. The van der Waals surface area contributed by atoms with E-state index in [1.54, 1.807) is 30.5 Å². The minimum absolute atomic E-state index is 0.222. The molecule has 0 saturated carbocycles. The van der Waals surface area contributed by atoms with Crippen molar-refractivity contribution < 1.29 is 4.39 Å². The van der Waals surface area contributed by atoms with Crippen LogP contribution in [0.4, 0.5) is 4.39 Å². The lowest BCUT2D eigenvalue weighted by molar-refractivity contribution is 0.631. The lowest BCUT2D eigenvalue weighted by atomic mass is 10.1. The Bertz CT molecular complexity index is 799. The number of hydrogen-bond acceptors (Lipinski definition) is 3. The first kappa shape index (κ1) is 12.2. The summed E-state index contributed by atoms with van der Waals surface area (Å²) in [4.78, 5) is 19.7. The van der Waals surface area contributed by atoms with Crippen molar-refractivity contribution in [1.29, 1.82) is 0 Å². The Morgan fingerprint density at radius 3 is 2.50 bits per heavy atom. The van der Waals surface area contributed by atoms with Crippen LogP contribution in [0.25, 0.3) is 16.8 Å². The first-order valence-corrected chi connectivity index (χ1v) is 5.99. The predicted octanol–water partition coefficient (Wildman–Crippen LogP) is 2.43. The van der Waals surface area contributed by atoms with Crippen molar-refractivity contribution in [3.63, 3.8) is 0 Å². The largest absolute Gasteiger partial charge is 0.281 e. The molecule has 0 aliphatic carbocycles. The third-order valence-corrected chi connectivity index (χ3v) is 2.92. The Hall–Kier alpha value is -2.82. The van der Waals surface area contributed by atoms with Gasteiger partial charge in [0.25, 0.3) is 5.56 Å². The minimum atomic E-state index is -0.331. The van der Waals surface area contributed by atoms with Crippen molar-refractivity contribution in [3.05, 3.63) is 77.5 Å². The highest BCUT2D eigenvalue weighted by Crippen LogP contribution is 2.21. The van der Waals surface area contributed by atoms with E-state index < -0.39 is 0 Å². The summed E-state index contributed by atoms with van der Waals surface area (Å²) >= 11 is 0. The maximum atomic E-state index is 13.8. The number of aromatic nitrogens is 3. The van der Waals surface area contributed by atoms with Gasteiger partial charge in [-0.25, -0.2) is 14.4 Å². The maximum absolute atomic E-state index is 13.8. The van der Waals surface area contributed by atoms with Crippen molar-refractivity contribution in [2.45, 2.75) is 0 Å². The molecule has 0 radical (unpaired) electrons. The van der Waals surface area contributed by atoms with Gasteiger partial charge in [-0.2, -0.15) is 0 Å². The number of nitrogens with zero attached hydrogens (tertiary/aromatic N) is 3. The molecule has 98 valence electrons. The van der Waals surface area contributed by atoms with Gasteiger partial charge in [-0.1, -0.05) is 18.2 Å². The molecular formula is C15H10FN3O. The van der Waals surface area contributed by atoms with Crippen LogP contribution in [0.2, 0.25) is 0 Å². The Kier molecular flexibility index (Phi) is 3.09. The zero-order valence-corrected chi connectivity index (χ0v) is 10.4. The van der Waals surface area contributed by atoms with Crippen molar-refractivity contribution in [2.24, 2.45) is 0 Å². The lowest BCUT2D eigenvalue weighted by Crippen LogP contribution is -2.16. The van der Waals surface area contributed by atoms with Crippen molar-refractivity contribution in [3.8, 4) is 16.8 Å². The molecule has 0 unspecified atom stereocenters. The third kappa shape index (κ3) is 2.21. The molecule has 0 atom stereocenters. The van der Waals surface area contributed by atoms with Crippen LogP contribution in [-0.2, 0) is 0 Å². The molecule has 5 heteroatoms. The van der Waals surface area contributed by atoms with Crippen LogP contribution in [0.5, 0.6) is 0 Å². The van der Waals surface area contributed by atoms with Gasteiger partial charge in [0.05, 0.1) is 18.1 Å². The van der Waals surface area contributed by atoms with Crippen molar-refractivity contribution in [2.75, 3.05) is 0 Å².